The van der Waals surface area contributed by atoms with E-state index >= 15 is 0 Å². The molecule has 0 aliphatic carbocycles. The van der Waals surface area contributed by atoms with Crippen molar-refractivity contribution in [3.8, 4) is 0 Å². The third-order valence-corrected chi connectivity index (χ3v) is 4.35. The molecule has 7 heteroatoms. The number of halogens is 1. The van der Waals surface area contributed by atoms with Crippen molar-refractivity contribution in [2.24, 2.45) is 0 Å². The number of aromatic nitrogens is 3. The number of benzene rings is 2. The summed E-state index contributed by atoms with van der Waals surface area (Å²) in [6, 6.07) is 12.7. The van der Waals surface area contributed by atoms with E-state index in [0.29, 0.717) is 17.5 Å². The average molecular weight is 338 g/mol. The molecule has 1 aliphatic heterocycles. The van der Waals surface area contributed by atoms with Crippen molar-refractivity contribution in [3.63, 3.8) is 0 Å². The van der Waals surface area contributed by atoms with E-state index in [4.69, 9.17) is 0 Å². The molecule has 0 bridgehead atoms. The first-order chi connectivity index (χ1) is 12.1. The van der Waals surface area contributed by atoms with Crippen LogP contribution >= 0.6 is 0 Å². The Morgan fingerprint density at radius 2 is 1.80 bits per heavy atom. The molecule has 126 valence electrons. The number of aliphatic hydroxyl groups excluding tert-OH is 1. The zero-order valence-electron chi connectivity index (χ0n) is 13.2. The minimum Gasteiger partial charge on any atom is -0.391 e. The summed E-state index contributed by atoms with van der Waals surface area (Å²) in [6.45, 7) is 0.178. The lowest BCUT2D eigenvalue weighted by atomic mass is 10.0. The predicted molar refractivity (Wildman–Crippen MR) is 88.1 cm³/mol. The van der Waals surface area contributed by atoms with Gasteiger partial charge in [0.15, 0.2) is 0 Å². The molecule has 2 aromatic carbocycles. The van der Waals surface area contributed by atoms with E-state index in [2.05, 4.69) is 15.2 Å². The number of carbonyl (C=O) groups excluding carboxylic acids is 1. The van der Waals surface area contributed by atoms with Crippen molar-refractivity contribution in [1.29, 1.82) is 0 Å². The molecule has 3 aromatic rings. The van der Waals surface area contributed by atoms with Crippen LogP contribution in [0.15, 0.2) is 48.5 Å². The molecule has 25 heavy (non-hydrogen) atoms. The first-order valence-corrected chi connectivity index (χ1v) is 7.96. The highest BCUT2D eigenvalue weighted by Gasteiger charge is 2.37. The van der Waals surface area contributed by atoms with E-state index in [1.165, 1.54) is 17.0 Å². The van der Waals surface area contributed by atoms with Gasteiger partial charge in [0.1, 0.15) is 11.3 Å². The number of amides is 1. The van der Waals surface area contributed by atoms with Crippen LogP contribution in [0, 0.1) is 5.82 Å². The maximum absolute atomic E-state index is 13.2. The standard InChI is InChI=1S/C18H15FN4O2/c19-12-7-5-11(6-8-12)16-9-13(24)10-23(16)18(25)17-20-14-3-1-2-4-15(14)21-22-17/h1-8,13,16,24H,9-10H2/t13-,16-/m0/s1. The topological polar surface area (TPSA) is 79.2 Å². The molecule has 0 spiro atoms. The Labute approximate surface area is 142 Å². The maximum Gasteiger partial charge on any atom is 0.294 e. The second-order valence-corrected chi connectivity index (χ2v) is 6.04. The van der Waals surface area contributed by atoms with Gasteiger partial charge < -0.3 is 10.0 Å². The van der Waals surface area contributed by atoms with E-state index in [9.17, 15) is 14.3 Å². The van der Waals surface area contributed by atoms with E-state index in [0.717, 1.165) is 5.56 Å². The summed E-state index contributed by atoms with van der Waals surface area (Å²) in [5, 5.41) is 18.0. The quantitative estimate of drug-likeness (QED) is 0.774. The molecule has 1 amide bonds. The second-order valence-electron chi connectivity index (χ2n) is 6.04. The maximum atomic E-state index is 13.2. The smallest absolute Gasteiger partial charge is 0.294 e. The molecule has 6 nitrogen and oxygen atoms in total. The molecule has 2 atom stereocenters. The summed E-state index contributed by atoms with van der Waals surface area (Å²) in [4.78, 5) is 18.7. The highest BCUT2D eigenvalue weighted by Crippen LogP contribution is 2.33. The molecular formula is C18H15FN4O2. The highest BCUT2D eigenvalue weighted by molar-refractivity contribution is 5.92. The van der Waals surface area contributed by atoms with Crippen LogP contribution < -0.4 is 0 Å². The number of fused-ring (bicyclic) bond motifs is 1. The number of para-hydroxylation sites is 1. The minimum atomic E-state index is -0.646. The summed E-state index contributed by atoms with van der Waals surface area (Å²) < 4.78 is 13.2. The van der Waals surface area contributed by atoms with Crippen LogP contribution in [-0.4, -0.2) is 43.7 Å². The molecule has 1 N–H and O–H groups in total. The first-order valence-electron chi connectivity index (χ1n) is 7.96. The molecule has 1 fully saturated rings. The van der Waals surface area contributed by atoms with E-state index in [1.807, 2.05) is 12.1 Å². The summed E-state index contributed by atoms with van der Waals surface area (Å²) in [7, 11) is 0. The van der Waals surface area contributed by atoms with Gasteiger partial charge in [-0.05, 0) is 36.2 Å². The summed E-state index contributed by atoms with van der Waals surface area (Å²) in [5.41, 5.74) is 1.95. The van der Waals surface area contributed by atoms with Gasteiger partial charge in [0.05, 0.1) is 17.7 Å². The van der Waals surface area contributed by atoms with E-state index < -0.39 is 12.0 Å². The van der Waals surface area contributed by atoms with Crippen LogP contribution in [0.4, 0.5) is 4.39 Å². The van der Waals surface area contributed by atoms with Gasteiger partial charge in [-0.3, -0.25) is 4.79 Å². The van der Waals surface area contributed by atoms with Gasteiger partial charge in [-0.2, -0.15) is 0 Å². The molecule has 0 radical (unpaired) electrons. The zero-order chi connectivity index (χ0) is 17.4. The number of carbonyl (C=O) groups is 1. The Bertz CT molecular complexity index is 932. The first kappa shape index (κ1) is 15.6. The fourth-order valence-corrected chi connectivity index (χ4v) is 3.14. The van der Waals surface area contributed by atoms with Gasteiger partial charge in [0, 0.05) is 6.54 Å². The monoisotopic (exact) mass is 338 g/mol. The van der Waals surface area contributed by atoms with Gasteiger partial charge in [0.25, 0.3) is 5.91 Å². The minimum absolute atomic E-state index is 0.0140. The number of nitrogens with zero attached hydrogens (tertiary/aromatic N) is 4. The van der Waals surface area contributed by atoms with E-state index in [1.54, 1.807) is 24.3 Å². The molecule has 4 rings (SSSR count). The Hall–Kier alpha value is -2.93. The van der Waals surface area contributed by atoms with Crippen LogP contribution in [-0.2, 0) is 0 Å². The Balaban J connectivity index is 1.67. The van der Waals surface area contributed by atoms with Crippen LogP contribution in [0.1, 0.15) is 28.6 Å². The van der Waals surface area contributed by atoms with Crippen molar-refractivity contribution in [3.05, 3.63) is 65.7 Å². The lowest BCUT2D eigenvalue weighted by Crippen LogP contribution is -2.33. The van der Waals surface area contributed by atoms with Crippen LogP contribution in [0.2, 0.25) is 0 Å². The normalized spacial score (nSPS) is 20.2. The number of hydrogen-bond acceptors (Lipinski definition) is 5. The number of rotatable bonds is 2. The lowest BCUT2D eigenvalue weighted by Gasteiger charge is -2.23. The second kappa shape index (κ2) is 6.18. The van der Waals surface area contributed by atoms with Crippen LogP contribution in [0.5, 0.6) is 0 Å². The average Bonchev–Trinajstić information content (AvgIpc) is 3.03. The summed E-state index contributed by atoms with van der Waals surface area (Å²) >= 11 is 0. The SMILES string of the molecule is O=C(c1nnc2ccccc2n1)N1C[C@@H](O)C[C@H]1c1ccc(F)cc1. The van der Waals surface area contributed by atoms with Crippen molar-refractivity contribution in [2.75, 3.05) is 6.54 Å². The number of hydrogen-bond donors (Lipinski definition) is 1. The van der Waals surface area contributed by atoms with Crippen molar-refractivity contribution >= 4 is 16.9 Å². The Morgan fingerprint density at radius 3 is 2.56 bits per heavy atom. The predicted octanol–water partition coefficient (Wildman–Crippen LogP) is 2.11. The van der Waals surface area contributed by atoms with Crippen molar-refractivity contribution in [1.82, 2.24) is 20.1 Å². The molecule has 0 unspecified atom stereocenters. The highest BCUT2D eigenvalue weighted by atomic mass is 19.1. The van der Waals surface area contributed by atoms with Crippen molar-refractivity contribution in [2.45, 2.75) is 18.6 Å². The number of β-amino-alcohol motifs (C(OH)–C–C–N with tert-alkyl or cyclic N) is 1. The molecule has 1 aliphatic rings. The fraction of sp³-hybridized carbons (Fsp3) is 0.222. The molecule has 1 aromatic heterocycles. The Kier molecular flexibility index (Phi) is 3.85. The largest absolute Gasteiger partial charge is 0.391 e. The van der Waals surface area contributed by atoms with Crippen LogP contribution in [0.25, 0.3) is 11.0 Å². The third kappa shape index (κ3) is 2.94. The summed E-state index contributed by atoms with van der Waals surface area (Å²) in [6.07, 6.45) is -0.259. The summed E-state index contributed by atoms with van der Waals surface area (Å²) in [5.74, 6) is -0.758. The number of aliphatic hydroxyl groups is 1. The lowest BCUT2D eigenvalue weighted by molar-refractivity contribution is 0.0702. The van der Waals surface area contributed by atoms with Crippen molar-refractivity contribution < 1.29 is 14.3 Å². The fourth-order valence-electron chi connectivity index (χ4n) is 3.14. The van der Waals surface area contributed by atoms with Gasteiger partial charge >= 0.3 is 0 Å². The molecule has 0 saturated carbocycles. The van der Waals surface area contributed by atoms with Crippen LogP contribution in [0.3, 0.4) is 0 Å². The van der Waals surface area contributed by atoms with Gasteiger partial charge in [-0.1, -0.05) is 24.3 Å². The third-order valence-electron chi connectivity index (χ3n) is 4.35. The van der Waals surface area contributed by atoms with Gasteiger partial charge in [-0.15, -0.1) is 10.2 Å². The van der Waals surface area contributed by atoms with Gasteiger partial charge in [0.2, 0.25) is 5.82 Å². The Morgan fingerprint density at radius 1 is 1.08 bits per heavy atom. The zero-order valence-corrected chi connectivity index (χ0v) is 13.2. The number of likely N-dealkylation sites (tertiary alicyclic amines) is 1. The molecule has 2 heterocycles. The van der Waals surface area contributed by atoms with E-state index in [-0.39, 0.29) is 24.2 Å². The molecule has 1 saturated heterocycles. The van der Waals surface area contributed by atoms with Gasteiger partial charge in [-0.25, -0.2) is 9.37 Å². The molecular weight excluding hydrogens is 323 g/mol.